The Hall–Kier alpha value is -1.35. The summed E-state index contributed by atoms with van der Waals surface area (Å²) in [6.45, 7) is 7.58. The van der Waals surface area contributed by atoms with Crippen LogP contribution in [0, 0.1) is 12.7 Å². The Balaban J connectivity index is 2.88. The summed E-state index contributed by atoms with van der Waals surface area (Å²) in [6, 6.07) is 3.20. The summed E-state index contributed by atoms with van der Waals surface area (Å²) in [5, 5.41) is 10.5. The van der Waals surface area contributed by atoms with Crippen LogP contribution < -0.4 is 0 Å². The van der Waals surface area contributed by atoms with Crippen molar-refractivity contribution in [3.05, 3.63) is 34.2 Å². The van der Waals surface area contributed by atoms with Crippen molar-refractivity contribution < 1.29 is 9.50 Å². The SMILES string of the molecule is Cc1nc2c(F)cc(C(C)(C)C)cc2c(O)c1Cl. The van der Waals surface area contributed by atoms with E-state index in [0.717, 1.165) is 5.56 Å². The molecule has 1 heterocycles. The van der Waals surface area contributed by atoms with E-state index in [1.807, 2.05) is 20.8 Å². The average Bonchev–Trinajstić information content (AvgIpc) is 2.26. The summed E-state index contributed by atoms with van der Waals surface area (Å²) in [6.07, 6.45) is 0. The van der Waals surface area contributed by atoms with Crippen molar-refractivity contribution in [1.29, 1.82) is 0 Å². The highest BCUT2D eigenvalue weighted by Gasteiger charge is 2.19. The van der Waals surface area contributed by atoms with E-state index >= 15 is 0 Å². The van der Waals surface area contributed by atoms with Crippen molar-refractivity contribution in [2.75, 3.05) is 0 Å². The molecule has 1 aromatic carbocycles. The predicted molar refractivity (Wildman–Crippen MR) is 71.8 cm³/mol. The highest BCUT2D eigenvalue weighted by Crippen LogP contribution is 2.37. The standard InChI is InChI=1S/C14H15ClFNO/c1-7-11(15)13(18)9-5-8(14(2,3)4)6-10(16)12(9)17-7/h5-6H,1-4H3,(H,17,18). The largest absolute Gasteiger partial charge is 0.506 e. The molecule has 0 saturated carbocycles. The molecule has 2 rings (SSSR count). The molecule has 0 aliphatic heterocycles. The number of fused-ring (bicyclic) bond motifs is 1. The number of aromatic hydroxyl groups is 1. The van der Waals surface area contributed by atoms with Gasteiger partial charge in [0, 0.05) is 5.39 Å². The van der Waals surface area contributed by atoms with Gasteiger partial charge in [0.15, 0.2) is 0 Å². The molecule has 0 fully saturated rings. The molecular formula is C14H15ClFNO. The molecule has 0 saturated heterocycles. The Morgan fingerprint density at radius 2 is 1.89 bits per heavy atom. The summed E-state index contributed by atoms with van der Waals surface area (Å²) < 4.78 is 14.1. The van der Waals surface area contributed by atoms with E-state index in [1.54, 1.807) is 13.0 Å². The number of pyridine rings is 1. The second kappa shape index (κ2) is 4.09. The number of rotatable bonds is 0. The second-order valence-corrected chi connectivity index (χ2v) is 5.84. The summed E-state index contributed by atoms with van der Waals surface area (Å²) in [7, 11) is 0. The van der Waals surface area contributed by atoms with Crippen molar-refractivity contribution in [2.24, 2.45) is 0 Å². The van der Waals surface area contributed by atoms with Crippen LogP contribution >= 0.6 is 11.6 Å². The third kappa shape index (κ3) is 2.03. The maximum absolute atomic E-state index is 14.1. The van der Waals surface area contributed by atoms with Gasteiger partial charge in [-0.25, -0.2) is 9.37 Å². The molecule has 1 aromatic heterocycles. The first-order valence-electron chi connectivity index (χ1n) is 5.70. The molecule has 0 aliphatic carbocycles. The third-order valence-corrected chi connectivity index (χ3v) is 3.44. The topological polar surface area (TPSA) is 33.1 Å². The number of halogens is 2. The van der Waals surface area contributed by atoms with Crippen LogP contribution in [0.1, 0.15) is 32.0 Å². The lowest BCUT2D eigenvalue weighted by atomic mass is 9.86. The fourth-order valence-electron chi connectivity index (χ4n) is 1.83. The molecule has 0 amide bonds. The van der Waals surface area contributed by atoms with Gasteiger partial charge < -0.3 is 5.11 Å². The lowest BCUT2D eigenvalue weighted by molar-refractivity contribution is 0.480. The van der Waals surface area contributed by atoms with Crippen LogP contribution in [0.3, 0.4) is 0 Å². The number of nitrogens with zero attached hydrogens (tertiary/aromatic N) is 1. The first-order chi connectivity index (χ1) is 8.21. The summed E-state index contributed by atoms with van der Waals surface area (Å²) in [5.41, 5.74) is 1.16. The van der Waals surface area contributed by atoms with Crippen molar-refractivity contribution >= 4 is 22.5 Å². The van der Waals surface area contributed by atoms with E-state index in [-0.39, 0.29) is 21.7 Å². The van der Waals surface area contributed by atoms with E-state index in [0.29, 0.717) is 11.1 Å². The molecule has 0 spiro atoms. The molecule has 2 nitrogen and oxygen atoms in total. The monoisotopic (exact) mass is 267 g/mol. The van der Waals surface area contributed by atoms with E-state index in [9.17, 15) is 9.50 Å². The van der Waals surface area contributed by atoms with Gasteiger partial charge in [-0.3, -0.25) is 0 Å². The van der Waals surface area contributed by atoms with Crippen LogP contribution in [0.5, 0.6) is 5.75 Å². The molecule has 4 heteroatoms. The quantitative estimate of drug-likeness (QED) is 0.770. The summed E-state index contributed by atoms with van der Waals surface area (Å²) in [5.74, 6) is -0.545. The maximum atomic E-state index is 14.1. The lowest BCUT2D eigenvalue weighted by Crippen LogP contribution is -2.11. The van der Waals surface area contributed by atoms with Crippen molar-refractivity contribution in [3.8, 4) is 5.75 Å². The molecular weight excluding hydrogens is 253 g/mol. The normalized spacial score (nSPS) is 12.1. The van der Waals surface area contributed by atoms with Crippen molar-refractivity contribution in [2.45, 2.75) is 33.1 Å². The molecule has 96 valence electrons. The number of aromatic nitrogens is 1. The van der Waals surface area contributed by atoms with Crippen molar-refractivity contribution in [3.63, 3.8) is 0 Å². The van der Waals surface area contributed by atoms with Gasteiger partial charge >= 0.3 is 0 Å². The van der Waals surface area contributed by atoms with E-state index in [2.05, 4.69) is 4.98 Å². The van der Waals surface area contributed by atoms with Crippen LogP contribution in [-0.2, 0) is 5.41 Å². The van der Waals surface area contributed by atoms with Crippen LogP contribution in [0.15, 0.2) is 12.1 Å². The Bertz CT molecular complexity index is 632. The second-order valence-electron chi connectivity index (χ2n) is 5.46. The molecule has 2 aromatic rings. The first kappa shape index (κ1) is 13.1. The summed E-state index contributed by atoms with van der Waals surface area (Å²) in [4.78, 5) is 4.09. The predicted octanol–water partition coefficient (Wildman–Crippen LogP) is 4.34. The van der Waals surface area contributed by atoms with Gasteiger partial charge in [0.2, 0.25) is 0 Å². The zero-order valence-electron chi connectivity index (χ0n) is 10.8. The van der Waals surface area contributed by atoms with Gasteiger partial charge in [-0.05, 0) is 30.0 Å². The lowest BCUT2D eigenvalue weighted by Gasteiger charge is -2.20. The van der Waals surface area contributed by atoms with Crippen LogP contribution in [-0.4, -0.2) is 10.1 Å². The maximum Gasteiger partial charge on any atom is 0.149 e. The molecule has 0 radical (unpaired) electrons. The van der Waals surface area contributed by atoms with Gasteiger partial charge in [0.05, 0.1) is 5.69 Å². The molecule has 0 bridgehead atoms. The number of aryl methyl sites for hydroxylation is 1. The van der Waals surface area contributed by atoms with Gasteiger partial charge in [-0.1, -0.05) is 32.4 Å². The molecule has 0 aliphatic rings. The zero-order chi connectivity index (χ0) is 13.7. The van der Waals surface area contributed by atoms with E-state index in [1.165, 1.54) is 6.07 Å². The zero-order valence-corrected chi connectivity index (χ0v) is 11.6. The smallest absolute Gasteiger partial charge is 0.149 e. The summed E-state index contributed by atoms with van der Waals surface area (Å²) >= 11 is 5.94. The Kier molecular flexibility index (Phi) is 2.98. The first-order valence-corrected chi connectivity index (χ1v) is 6.08. The fraction of sp³-hybridized carbons (Fsp3) is 0.357. The van der Waals surface area contributed by atoms with Crippen molar-refractivity contribution in [1.82, 2.24) is 4.98 Å². The minimum atomic E-state index is -0.438. The third-order valence-electron chi connectivity index (χ3n) is 2.99. The Labute approximate surface area is 110 Å². The highest BCUT2D eigenvalue weighted by atomic mass is 35.5. The molecule has 0 unspecified atom stereocenters. The van der Waals surface area contributed by atoms with Gasteiger partial charge in [-0.15, -0.1) is 0 Å². The fourth-order valence-corrected chi connectivity index (χ4v) is 1.98. The number of hydrogen-bond donors (Lipinski definition) is 1. The van der Waals surface area contributed by atoms with Crippen LogP contribution in [0.4, 0.5) is 4.39 Å². The van der Waals surface area contributed by atoms with Gasteiger partial charge in [0.1, 0.15) is 22.1 Å². The van der Waals surface area contributed by atoms with Crippen LogP contribution in [0.2, 0.25) is 5.02 Å². The Morgan fingerprint density at radius 1 is 1.28 bits per heavy atom. The molecule has 1 N–H and O–H groups in total. The number of hydrogen-bond acceptors (Lipinski definition) is 2. The van der Waals surface area contributed by atoms with Gasteiger partial charge in [-0.2, -0.15) is 0 Å². The minimum absolute atomic E-state index is 0.107. The molecule has 18 heavy (non-hydrogen) atoms. The average molecular weight is 268 g/mol. The van der Waals surface area contributed by atoms with Crippen LogP contribution in [0.25, 0.3) is 10.9 Å². The minimum Gasteiger partial charge on any atom is -0.506 e. The molecule has 0 atom stereocenters. The van der Waals surface area contributed by atoms with Gasteiger partial charge in [0.25, 0.3) is 0 Å². The Morgan fingerprint density at radius 3 is 2.44 bits per heavy atom. The van der Waals surface area contributed by atoms with E-state index < -0.39 is 5.82 Å². The highest BCUT2D eigenvalue weighted by molar-refractivity contribution is 6.33. The number of benzene rings is 1. The van der Waals surface area contributed by atoms with E-state index in [4.69, 9.17) is 11.6 Å².